The van der Waals surface area contributed by atoms with Crippen molar-refractivity contribution < 1.29 is 19.2 Å². The first-order valence-electron chi connectivity index (χ1n) is 9.20. The topological polar surface area (TPSA) is 93.0 Å². The first-order valence-corrected chi connectivity index (χ1v) is 10.1. The second kappa shape index (κ2) is 8.85. The Morgan fingerprint density at radius 1 is 1.11 bits per heavy atom. The quantitative estimate of drug-likeness (QED) is 0.390. The summed E-state index contributed by atoms with van der Waals surface area (Å²) in [6.45, 7) is 7.72. The number of thioether (sulfide) groups is 1. The molecule has 0 N–H and O–H groups in total. The summed E-state index contributed by atoms with van der Waals surface area (Å²) < 4.78 is 5.33. The van der Waals surface area contributed by atoms with Crippen LogP contribution in [0.25, 0.3) is 5.57 Å². The number of nitro groups is 1. The molecule has 0 unspecified atom stereocenters. The van der Waals surface area contributed by atoms with Crippen LogP contribution in [0.5, 0.6) is 0 Å². The van der Waals surface area contributed by atoms with E-state index in [-0.39, 0.29) is 22.8 Å². The van der Waals surface area contributed by atoms with Crippen LogP contribution in [-0.4, -0.2) is 71.2 Å². The summed E-state index contributed by atoms with van der Waals surface area (Å²) >= 11 is 1.35. The first kappa shape index (κ1) is 20.5. The Morgan fingerprint density at radius 3 is 2.32 bits per heavy atom. The molecule has 1 fully saturated rings. The van der Waals surface area contributed by atoms with Gasteiger partial charge in [0.2, 0.25) is 0 Å². The Kier molecular flexibility index (Phi) is 6.48. The summed E-state index contributed by atoms with van der Waals surface area (Å²) in [7, 11) is 0. The lowest BCUT2D eigenvalue weighted by atomic mass is 10.1. The number of carbonyl (C=O) groups is 2. The standard InChI is InChI=1S/C19H23N3O5S/c1-13(2)28-17-16(14-3-5-15(6-4-14)22(25)26)18(23)21(19(17)24)8-7-20-9-11-27-12-10-20/h3-6,13H,7-12H2,1-2H3. The molecule has 1 saturated heterocycles. The van der Waals surface area contributed by atoms with E-state index in [1.807, 2.05) is 13.8 Å². The van der Waals surface area contributed by atoms with Crippen LogP contribution in [0.2, 0.25) is 0 Å². The number of hydrogen-bond acceptors (Lipinski definition) is 7. The summed E-state index contributed by atoms with van der Waals surface area (Å²) in [4.78, 5) is 40.3. The molecule has 0 aromatic heterocycles. The second-order valence-electron chi connectivity index (χ2n) is 6.89. The van der Waals surface area contributed by atoms with E-state index in [1.54, 1.807) is 0 Å². The Balaban J connectivity index is 1.83. The highest BCUT2D eigenvalue weighted by Gasteiger charge is 2.39. The fourth-order valence-electron chi connectivity index (χ4n) is 3.17. The maximum atomic E-state index is 13.1. The van der Waals surface area contributed by atoms with Crippen molar-refractivity contribution >= 4 is 34.8 Å². The molecule has 2 aliphatic rings. The van der Waals surface area contributed by atoms with Gasteiger partial charge in [-0.05, 0) is 17.7 Å². The molecule has 0 aliphatic carbocycles. The van der Waals surface area contributed by atoms with Crippen molar-refractivity contribution in [1.82, 2.24) is 9.80 Å². The second-order valence-corrected chi connectivity index (χ2v) is 8.48. The van der Waals surface area contributed by atoms with E-state index in [4.69, 9.17) is 4.74 Å². The average Bonchev–Trinajstić information content (AvgIpc) is 2.90. The van der Waals surface area contributed by atoms with Gasteiger partial charge in [0.05, 0.1) is 28.6 Å². The van der Waals surface area contributed by atoms with Crippen LogP contribution in [-0.2, 0) is 14.3 Å². The lowest BCUT2D eigenvalue weighted by Gasteiger charge is -2.28. The summed E-state index contributed by atoms with van der Waals surface area (Å²) in [5.74, 6) is -0.624. The highest BCUT2D eigenvalue weighted by Crippen LogP contribution is 2.38. The average molecular weight is 405 g/mol. The molecule has 0 bridgehead atoms. The fourth-order valence-corrected chi connectivity index (χ4v) is 4.18. The summed E-state index contributed by atoms with van der Waals surface area (Å²) in [6.07, 6.45) is 0. The third-order valence-corrected chi connectivity index (χ3v) is 5.68. The van der Waals surface area contributed by atoms with E-state index < -0.39 is 4.92 Å². The lowest BCUT2D eigenvalue weighted by molar-refractivity contribution is -0.384. The van der Waals surface area contributed by atoms with E-state index in [9.17, 15) is 19.7 Å². The number of carbonyl (C=O) groups excluding carboxylic acids is 2. The van der Waals surface area contributed by atoms with Gasteiger partial charge in [-0.1, -0.05) is 13.8 Å². The van der Waals surface area contributed by atoms with Crippen LogP contribution in [0.15, 0.2) is 29.2 Å². The number of morpholine rings is 1. The molecule has 0 spiro atoms. The SMILES string of the molecule is CC(C)SC1=C(c2ccc([N+](=O)[O-])cc2)C(=O)N(CCN2CCOCC2)C1=O. The number of ether oxygens (including phenoxy) is 1. The van der Waals surface area contributed by atoms with Gasteiger partial charge in [0.1, 0.15) is 0 Å². The molecular formula is C19H23N3O5S. The van der Waals surface area contributed by atoms with Crippen molar-refractivity contribution in [3.05, 3.63) is 44.8 Å². The first-order chi connectivity index (χ1) is 13.4. The van der Waals surface area contributed by atoms with Gasteiger partial charge in [-0.25, -0.2) is 0 Å². The van der Waals surface area contributed by atoms with E-state index in [0.29, 0.717) is 42.3 Å². The Hall–Kier alpha value is -2.23. The third kappa shape index (κ3) is 4.43. The van der Waals surface area contributed by atoms with Gasteiger partial charge in [-0.2, -0.15) is 0 Å². The Morgan fingerprint density at radius 2 is 1.75 bits per heavy atom. The number of nitrogens with zero attached hydrogens (tertiary/aromatic N) is 3. The molecule has 0 saturated carbocycles. The Bertz CT molecular complexity index is 800. The normalized spacial score (nSPS) is 18.5. The summed E-state index contributed by atoms with van der Waals surface area (Å²) in [5.41, 5.74) is 0.810. The van der Waals surface area contributed by atoms with Crippen molar-refractivity contribution in [2.24, 2.45) is 0 Å². The summed E-state index contributed by atoms with van der Waals surface area (Å²) in [5, 5.41) is 11.0. The molecular weight excluding hydrogens is 382 g/mol. The molecule has 3 rings (SSSR count). The predicted octanol–water partition coefficient (Wildman–Crippen LogP) is 2.15. The monoisotopic (exact) mass is 405 g/mol. The minimum atomic E-state index is -0.488. The van der Waals surface area contributed by atoms with E-state index in [1.165, 1.54) is 40.9 Å². The minimum absolute atomic E-state index is 0.0524. The van der Waals surface area contributed by atoms with Gasteiger partial charge in [0.25, 0.3) is 17.5 Å². The Labute approximate surface area is 167 Å². The fraction of sp³-hybridized carbons (Fsp3) is 0.474. The van der Waals surface area contributed by atoms with Crippen molar-refractivity contribution in [2.75, 3.05) is 39.4 Å². The largest absolute Gasteiger partial charge is 0.379 e. The molecule has 2 aliphatic heterocycles. The highest BCUT2D eigenvalue weighted by atomic mass is 32.2. The number of imide groups is 1. The highest BCUT2D eigenvalue weighted by molar-refractivity contribution is 8.04. The van der Waals surface area contributed by atoms with Crippen LogP contribution >= 0.6 is 11.8 Å². The van der Waals surface area contributed by atoms with Crippen LogP contribution in [0.4, 0.5) is 5.69 Å². The van der Waals surface area contributed by atoms with Crippen LogP contribution < -0.4 is 0 Å². The number of benzene rings is 1. The number of non-ortho nitro benzene ring substituents is 1. The maximum absolute atomic E-state index is 13.1. The molecule has 8 nitrogen and oxygen atoms in total. The molecule has 150 valence electrons. The van der Waals surface area contributed by atoms with Crippen LogP contribution in [0.3, 0.4) is 0 Å². The molecule has 2 amide bonds. The van der Waals surface area contributed by atoms with Gasteiger partial charge < -0.3 is 4.74 Å². The van der Waals surface area contributed by atoms with Crippen molar-refractivity contribution in [1.29, 1.82) is 0 Å². The molecule has 2 heterocycles. The zero-order valence-electron chi connectivity index (χ0n) is 15.9. The van der Waals surface area contributed by atoms with Crippen LogP contribution in [0, 0.1) is 10.1 Å². The molecule has 1 aromatic carbocycles. The molecule has 9 heteroatoms. The number of rotatable bonds is 7. The van der Waals surface area contributed by atoms with E-state index in [2.05, 4.69) is 4.90 Å². The number of nitro benzene ring substituents is 1. The molecule has 28 heavy (non-hydrogen) atoms. The predicted molar refractivity (Wildman–Crippen MR) is 107 cm³/mol. The molecule has 1 aromatic rings. The third-order valence-electron chi connectivity index (χ3n) is 4.59. The van der Waals surface area contributed by atoms with E-state index >= 15 is 0 Å². The van der Waals surface area contributed by atoms with Gasteiger partial charge in [-0.15, -0.1) is 11.8 Å². The molecule has 0 atom stereocenters. The van der Waals surface area contributed by atoms with Gasteiger partial charge in [0.15, 0.2) is 0 Å². The molecule has 0 radical (unpaired) electrons. The van der Waals surface area contributed by atoms with Gasteiger partial charge in [-0.3, -0.25) is 29.5 Å². The van der Waals surface area contributed by atoms with Crippen molar-refractivity contribution in [3.63, 3.8) is 0 Å². The van der Waals surface area contributed by atoms with Crippen LogP contribution in [0.1, 0.15) is 19.4 Å². The van der Waals surface area contributed by atoms with Gasteiger partial charge >= 0.3 is 0 Å². The number of hydrogen-bond donors (Lipinski definition) is 0. The van der Waals surface area contributed by atoms with Gasteiger partial charge in [0, 0.05) is 43.6 Å². The smallest absolute Gasteiger partial charge is 0.269 e. The zero-order chi connectivity index (χ0) is 20.3. The van der Waals surface area contributed by atoms with Crippen molar-refractivity contribution in [3.8, 4) is 0 Å². The zero-order valence-corrected chi connectivity index (χ0v) is 16.7. The summed E-state index contributed by atoms with van der Waals surface area (Å²) in [6, 6.07) is 5.78. The maximum Gasteiger partial charge on any atom is 0.269 e. The number of amides is 2. The minimum Gasteiger partial charge on any atom is -0.379 e. The van der Waals surface area contributed by atoms with Crippen molar-refractivity contribution in [2.45, 2.75) is 19.1 Å². The lowest BCUT2D eigenvalue weighted by Crippen LogP contribution is -2.43. The van der Waals surface area contributed by atoms with E-state index in [0.717, 1.165) is 13.1 Å².